The number of anilines is 1. The SMILES string of the molecule is N#CB1CCC(CN2CCC(C3CCN(c4ccc5c(c4)C(=O)N(C4CCC(=O)NC4=O)C5=O)CC3)CC2)CC1. The third kappa shape index (κ3) is 5.28. The molecule has 6 rings (SSSR count). The monoisotopic (exact) mass is 543 g/mol. The zero-order valence-electron chi connectivity index (χ0n) is 23.1. The zero-order chi connectivity index (χ0) is 27.8. The number of imide groups is 2. The molecule has 1 unspecified atom stereocenters. The highest BCUT2D eigenvalue weighted by molar-refractivity contribution is 6.67. The number of hydrogen-bond acceptors (Lipinski definition) is 7. The number of piperidine rings is 3. The van der Waals surface area contributed by atoms with Crippen LogP contribution in [0.4, 0.5) is 5.69 Å². The van der Waals surface area contributed by atoms with E-state index < -0.39 is 23.8 Å². The number of likely N-dealkylation sites (tertiary alicyclic amines) is 1. The first kappa shape index (κ1) is 27.0. The van der Waals surface area contributed by atoms with Gasteiger partial charge in [-0.25, -0.2) is 5.26 Å². The van der Waals surface area contributed by atoms with E-state index in [1.807, 2.05) is 12.1 Å². The van der Waals surface area contributed by atoms with Gasteiger partial charge in [0.25, 0.3) is 18.5 Å². The van der Waals surface area contributed by atoms with Crippen molar-refractivity contribution >= 4 is 36.0 Å². The standard InChI is InChI=1S/C30H38BN5O4/c32-19-31-11-5-20(6-12-31)18-34-13-7-21(8-14-34)22-9-15-35(16-10-22)23-1-2-24-25(17-23)30(40)36(29(24)39)26-3-4-27(37)33-28(26)38/h1-2,17,20-22,26H,3-16,18H2,(H,33,37,38). The Balaban J connectivity index is 1.00. The second kappa shape index (κ2) is 11.4. The molecule has 4 saturated heterocycles. The van der Waals surface area contributed by atoms with Gasteiger partial charge in [0.05, 0.1) is 11.1 Å². The molecule has 1 aromatic rings. The van der Waals surface area contributed by atoms with Crippen molar-refractivity contribution in [1.29, 1.82) is 5.26 Å². The van der Waals surface area contributed by atoms with Crippen LogP contribution in [0.25, 0.3) is 0 Å². The van der Waals surface area contributed by atoms with Crippen LogP contribution in [0.5, 0.6) is 0 Å². The van der Waals surface area contributed by atoms with Crippen molar-refractivity contribution in [3.8, 4) is 5.97 Å². The van der Waals surface area contributed by atoms with Crippen molar-refractivity contribution < 1.29 is 19.2 Å². The largest absolute Gasteiger partial charge is 0.371 e. The van der Waals surface area contributed by atoms with Gasteiger partial charge in [0.1, 0.15) is 6.04 Å². The number of benzene rings is 1. The summed E-state index contributed by atoms with van der Waals surface area (Å²) in [6.07, 6.45) is 9.64. The van der Waals surface area contributed by atoms with Crippen LogP contribution in [0.3, 0.4) is 0 Å². The minimum Gasteiger partial charge on any atom is -0.371 e. The molecule has 0 bridgehead atoms. The Kier molecular flexibility index (Phi) is 7.67. The summed E-state index contributed by atoms with van der Waals surface area (Å²) in [5, 5.41) is 11.4. The van der Waals surface area contributed by atoms with Crippen molar-refractivity contribution in [2.75, 3.05) is 37.6 Å². The topological polar surface area (TPSA) is 114 Å². The molecular weight excluding hydrogens is 505 g/mol. The van der Waals surface area contributed by atoms with E-state index in [0.717, 1.165) is 66.9 Å². The summed E-state index contributed by atoms with van der Waals surface area (Å²) in [4.78, 5) is 56.1. The van der Waals surface area contributed by atoms with Crippen LogP contribution < -0.4 is 10.2 Å². The summed E-state index contributed by atoms with van der Waals surface area (Å²) in [6, 6.07) is 4.51. The zero-order valence-corrected chi connectivity index (χ0v) is 23.1. The van der Waals surface area contributed by atoms with E-state index in [0.29, 0.717) is 11.1 Å². The molecule has 10 heteroatoms. The normalized spacial score (nSPS) is 25.8. The van der Waals surface area contributed by atoms with Crippen LogP contribution in [0.15, 0.2) is 18.2 Å². The average Bonchev–Trinajstić information content (AvgIpc) is 3.23. The predicted octanol–water partition coefficient (Wildman–Crippen LogP) is 2.98. The molecule has 5 heterocycles. The number of nitriles is 1. The summed E-state index contributed by atoms with van der Waals surface area (Å²) in [6.45, 7) is 5.72. The second-order valence-corrected chi connectivity index (χ2v) is 12.5. The molecule has 0 aromatic heterocycles. The summed E-state index contributed by atoms with van der Waals surface area (Å²) < 4.78 is 0. The van der Waals surface area contributed by atoms with Crippen LogP contribution >= 0.6 is 0 Å². The summed E-state index contributed by atoms with van der Waals surface area (Å²) in [5.41, 5.74) is 1.63. The maximum atomic E-state index is 13.2. The number of carbonyl (C=O) groups excluding carboxylic acids is 4. The van der Waals surface area contributed by atoms with Crippen LogP contribution in [-0.2, 0) is 9.59 Å². The summed E-state index contributed by atoms with van der Waals surface area (Å²) >= 11 is 0. The molecule has 1 atom stereocenters. The van der Waals surface area contributed by atoms with Gasteiger partial charge < -0.3 is 9.80 Å². The van der Waals surface area contributed by atoms with Gasteiger partial charge >= 0.3 is 0 Å². The fourth-order valence-electron chi connectivity index (χ4n) is 7.73. The minimum atomic E-state index is -0.936. The lowest BCUT2D eigenvalue weighted by Gasteiger charge is -2.41. The molecule has 40 heavy (non-hydrogen) atoms. The van der Waals surface area contributed by atoms with E-state index in [1.165, 1.54) is 45.3 Å². The highest BCUT2D eigenvalue weighted by atomic mass is 16.2. The van der Waals surface area contributed by atoms with Crippen molar-refractivity contribution in [2.24, 2.45) is 17.8 Å². The lowest BCUT2D eigenvalue weighted by Crippen LogP contribution is -2.54. The number of carbonyl (C=O) groups is 4. The number of nitrogens with one attached hydrogen (secondary N) is 1. The van der Waals surface area contributed by atoms with Crippen LogP contribution in [0.1, 0.15) is 72.1 Å². The molecule has 0 saturated carbocycles. The van der Waals surface area contributed by atoms with E-state index in [-0.39, 0.29) is 25.5 Å². The lowest BCUT2D eigenvalue weighted by atomic mass is 9.42. The first-order valence-corrected chi connectivity index (χ1v) is 15.1. The number of fused-ring (bicyclic) bond motifs is 1. The van der Waals surface area contributed by atoms with E-state index in [2.05, 4.69) is 21.1 Å². The Morgan fingerprint density at radius 1 is 0.850 bits per heavy atom. The van der Waals surface area contributed by atoms with Gasteiger partial charge in [0, 0.05) is 37.7 Å². The molecule has 0 spiro atoms. The highest BCUT2D eigenvalue weighted by Gasteiger charge is 2.45. The third-order valence-corrected chi connectivity index (χ3v) is 10.2. The maximum absolute atomic E-state index is 13.2. The Hall–Kier alpha value is -3.19. The number of hydrogen-bond donors (Lipinski definition) is 1. The molecule has 4 fully saturated rings. The van der Waals surface area contributed by atoms with Gasteiger partial charge in [-0.2, -0.15) is 0 Å². The molecule has 0 radical (unpaired) electrons. The van der Waals surface area contributed by atoms with Crippen molar-refractivity contribution in [2.45, 2.75) is 70.0 Å². The molecule has 1 aromatic carbocycles. The van der Waals surface area contributed by atoms with E-state index in [4.69, 9.17) is 5.26 Å². The molecule has 5 aliphatic rings. The first-order chi connectivity index (χ1) is 19.4. The van der Waals surface area contributed by atoms with Crippen LogP contribution in [0, 0.1) is 29.0 Å². The quantitative estimate of drug-likeness (QED) is 0.449. The molecule has 210 valence electrons. The van der Waals surface area contributed by atoms with Gasteiger partial charge in [-0.15, -0.1) is 0 Å². The van der Waals surface area contributed by atoms with Gasteiger partial charge in [-0.3, -0.25) is 29.4 Å². The maximum Gasteiger partial charge on any atom is 0.267 e. The fourth-order valence-corrected chi connectivity index (χ4v) is 7.73. The van der Waals surface area contributed by atoms with Crippen molar-refractivity contribution in [1.82, 2.24) is 15.1 Å². The van der Waals surface area contributed by atoms with Crippen LogP contribution in [-0.4, -0.2) is 78.9 Å². The van der Waals surface area contributed by atoms with Gasteiger partial charge in [-0.1, -0.05) is 25.5 Å². The number of nitrogens with zero attached hydrogens (tertiary/aromatic N) is 4. The number of rotatable bonds is 5. The average molecular weight is 543 g/mol. The Bertz CT molecular complexity index is 1220. The Morgan fingerprint density at radius 2 is 1.50 bits per heavy atom. The predicted molar refractivity (Wildman–Crippen MR) is 151 cm³/mol. The van der Waals surface area contributed by atoms with E-state index in [9.17, 15) is 19.2 Å². The summed E-state index contributed by atoms with van der Waals surface area (Å²) in [5.74, 6) is 2.84. The fraction of sp³-hybridized carbons (Fsp3) is 0.633. The lowest BCUT2D eigenvalue weighted by molar-refractivity contribution is -0.136. The molecule has 1 N–H and O–H groups in total. The third-order valence-electron chi connectivity index (χ3n) is 10.2. The van der Waals surface area contributed by atoms with Gasteiger partial charge in [0.15, 0.2) is 0 Å². The molecular formula is C30H38BN5O4. The first-order valence-electron chi connectivity index (χ1n) is 15.1. The number of amides is 4. The smallest absolute Gasteiger partial charge is 0.267 e. The van der Waals surface area contributed by atoms with E-state index >= 15 is 0 Å². The van der Waals surface area contributed by atoms with Gasteiger partial charge in [-0.05, 0) is 81.1 Å². The Morgan fingerprint density at radius 3 is 2.15 bits per heavy atom. The molecule has 0 aliphatic carbocycles. The van der Waals surface area contributed by atoms with Crippen molar-refractivity contribution in [3.63, 3.8) is 0 Å². The molecule has 5 aliphatic heterocycles. The van der Waals surface area contributed by atoms with E-state index in [1.54, 1.807) is 6.07 Å². The van der Waals surface area contributed by atoms with Gasteiger partial charge in [0.2, 0.25) is 11.8 Å². The van der Waals surface area contributed by atoms with Crippen LogP contribution in [0.2, 0.25) is 12.6 Å². The highest BCUT2D eigenvalue weighted by Crippen LogP contribution is 2.36. The molecule has 4 amide bonds. The minimum absolute atomic E-state index is 0.118. The Labute approximate surface area is 236 Å². The summed E-state index contributed by atoms with van der Waals surface area (Å²) in [7, 11) is 0. The van der Waals surface area contributed by atoms with Crippen molar-refractivity contribution in [3.05, 3.63) is 29.3 Å². The second-order valence-electron chi connectivity index (χ2n) is 12.5. The molecule has 9 nitrogen and oxygen atoms in total.